The van der Waals surface area contributed by atoms with Crippen LogP contribution in [0.4, 0.5) is 5.69 Å². The predicted octanol–water partition coefficient (Wildman–Crippen LogP) is 4.34. The largest absolute Gasteiger partial charge is 0.454 e. The summed E-state index contributed by atoms with van der Waals surface area (Å²) in [6.07, 6.45) is 1.76. The number of para-hydroxylation sites is 1. The third kappa shape index (κ3) is 3.87. The van der Waals surface area contributed by atoms with Crippen molar-refractivity contribution >= 4 is 34.3 Å². The second kappa shape index (κ2) is 8.19. The first-order valence-corrected chi connectivity index (χ1v) is 10.5. The molecule has 0 bridgehead atoms. The van der Waals surface area contributed by atoms with Gasteiger partial charge in [-0.15, -0.1) is 16.8 Å². The van der Waals surface area contributed by atoms with Gasteiger partial charge in [0.2, 0.25) is 18.5 Å². The highest BCUT2D eigenvalue weighted by Crippen LogP contribution is 2.34. The fourth-order valence-corrected chi connectivity index (χ4v) is 4.01. The molecule has 2 aromatic carbocycles. The average molecular weight is 434 g/mol. The Bertz CT molecular complexity index is 1250. The van der Waals surface area contributed by atoms with E-state index in [0.717, 1.165) is 11.0 Å². The van der Waals surface area contributed by atoms with Gasteiger partial charge in [0.15, 0.2) is 22.4 Å². The van der Waals surface area contributed by atoms with Crippen molar-refractivity contribution in [2.75, 3.05) is 17.9 Å². The molecule has 0 atom stereocenters. The Kier molecular flexibility index (Phi) is 5.09. The van der Waals surface area contributed by atoms with E-state index in [1.54, 1.807) is 24.3 Å². The number of furan rings is 1. The van der Waals surface area contributed by atoms with Gasteiger partial charge in [-0.25, -0.2) is 0 Å². The first kappa shape index (κ1) is 19.3. The van der Waals surface area contributed by atoms with Crippen molar-refractivity contribution < 1.29 is 18.7 Å². The number of thioether (sulfide) groups is 1. The number of aromatic nitrogens is 3. The number of benzene rings is 2. The molecule has 31 heavy (non-hydrogen) atoms. The lowest BCUT2D eigenvalue weighted by Gasteiger charge is -2.07. The summed E-state index contributed by atoms with van der Waals surface area (Å²) in [5.74, 6) is 2.50. The number of amides is 1. The van der Waals surface area contributed by atoms with Crippen molar-refractivity contribution in [2.24, 2.45) is 0 Å². The average Bonchev–Trinajstić information content (AvgIpc) is 3.50. The van der Waals surface area contributed by atoms with Gasteiger partial charge in [-0.1, -0.05) is 36.0 Å². The van der Waals surface area contributed by atoms with E-state index in [1.165, 1.54) is 11.8 Å². The van der Waals surface area contributed by atoms with Crippen LogP contribution in [0.5, 0.6) is 11.5 Å². The van der Waals surface area contributed by atoms with Crippen LogP contribution in [0.25, 0.3) is 22.6 Å². The standard InChI is InChI=1S/C22H18N4O4S/c1-2-9-26-21(19-10-14-5-3-4-6-16(14)30-19)24-25-22(26)31-12-20(27)23-15-7-8-17-18(11-15)29-13-28-17/h2-8,10-11H,1,9,12-13H2,(H,23,27). The third-order valence-electron chi connectivity index (χ3n) is 4.66. The molecule has 0 unspecified atom stereocenters. The van der Waals surface area contributed by atoms with Crippen molar-refractivity contribution in [3.63, 3.8) is 0 Å². The second-order valence-corrected chi connectivity index (χ2v) is 7.70. The number of nitrogens with zero attached hydrogens (tertiary/aromatic N) is 3. The Morgan fingerprint density at radius 2 is 2.03 bits per heavy atom. The van der Waals surface area contributed by atoms with Crippen LogP contribution in [-0.2, 0) is 11.3 Å². The molecule has 0 saturated heterocycles. The number of ether oxygens (including phenoxy) is 2. The molecule has 0 aliphatic carbocycles. The molecule has 156 valence electrons. The van der Waals surface area contributed by atoms with Crippen LogP contribution in [0.3, 0.4) is 0 Å². The summed E-state index contributed by atoms with van der Waals surface area (Å²) < 4.78 is 18.4. The number of hydrogen-bond donors (Lipinski definition) is 1. The minimum atomic E-state index is -0.165. The van der Waals surface area contributed by atoms with Crippen LogP contribution in [0, 0.1) is 0 Å². The third-order valence-corrected chi connectivity index (χ3v) is 5.63. The highest BCUT2D eigenvalue weighted by molar-refractivity contribution is 7.99. The molecular formula is C22H18N4O4S. The van der Waals surface area contributed by atoms with E-state index in [4.69, 9.17) is 13.9 Å². The molecule has 4 aromatic rings. The highest BCUT2D eigenvalue weighted by Gasteiger charge is 2.19. The van der Waals surface area contributed by atoms with Gasteiger partial charge in [-0.2, -0.15) is 0 Å². The second-order valence-electron chi connectivity index (χ2n) is 6.76. The fourth-order valence-electron chi connectivity index (χ4n) is 3.26. The zero-order valence-corrected chi connectivity index (χ0v) is 17.2. The topological polar surface area (TPSA) is 91.4 Å². The molecule has 1 N–H and O–H groups in total. The fraction of sp³-hybridized carbons (Fsp3) is 0.136. The van der Waals surface area contributed by atoms with Gasteiger partial charge in [-0.3, -0.25) is 9.36 Å². The van der Waals surface area contributed by atoms with Crippen LogP contribution in [-0.4, -0.2) is 33.2 Å². The normalized spacial score (nSPS) is 12.3. The van der Waals surface area contributed by atoms with E-state index < -0.39 is 0 Å². The monoisotopic (exact) mass is 434 g/mol. The minimum Gasteiger partial charge on any atom is -0.454 e. The van der Waals surface area contributed by atoms with Crippen LogP contribution in [0.1, 0.15) is 0 Å². The van der Waals surface area contributed by atoms with E-state index in [1.807, 2.05) is 34.9 Å². The van der Waals surface area contributed by atoms with Gasteiger partial charge >= 0.3 is 0 Å². The molecule has 1 aliphatic heterocycles. The van der Waals surface area contributed by atoms with Gasteiger partial charge in [-0.05, 0) is 24.3 Å². The minimum absolute atomic E-state index is 0.165. The van der Waals surface area contributed by atoms with E-state index in [-0.39, 0.29) is 18.5 Å². The Morgan fingerprint density at radius 1 is 1.16 bits per heavy atom. The lowest BCUT2D eigenvalue weighted by Crippen LogP contribution is -2.14. The SMILES string of the molecule is C=CCn1c(SCC(=O)Nc2ccc3c(c2)OCO3)nnc1-c1cc2ccccc2o1. The molecule has 0 saturated carbocycles. The van der Waals surface area contributed by atoms with Gasteiger partial charge in [0, 0.05) is 23.7 Å². The van der Waals surface area contributed by atoms with Crippen LogP contribution in [0.15, 0.2) is 70.8 Å². The molecular weight excluding hydrogens is 416 g/mol. The molecule has 5 rings (SSSR count). The van der Waals surface area contributed by atoms with Gasteiger partial charge in [0.1, 0.15) is 5.58 Å². The molecule has 0 spiro atoms. The Hall–Kier alpha value is -3.72. The summed E-state index contributed by atoms with van der Waals surface area (Å²) in [7, 11) is 0. The number of rotatable bonds is 7. The maximum absolute atomic E-state index is 12.4. The molecule has 0 radical (unpaired) electrons. The maximum atomic E-state index is 12.4. The van der Waals surface area contributed by atoms with Crippen molar-refractivity contribution in [3.05, 3.63) is 61.2 Å². The lowest BCUT2D eigenvalue weighted by molar-refractivity contribution is -0.113. The molecule has 2 aromatic heterocycles. The van der Waals surface area contributed by atoms with Crippen molar-refractivity contribution in [1.82, 2.24) is 14.8 Å². The number of carbonyl (C=O) groups excluding carboxylic acids is 1. The van der Waals surface area contributed by atoms with Gasteiger partial charge < -0.3 is 19.2 Å². The van der Waals surface area contributed by atoms with Crippen LogP contribution >= 0.6 is 11.8 Å². The summed E-state index contributed by atoms with van der Waals surface area (Å²) >= 11 is 1.29. The van der Waals surface area contributed by atoms with E-state index in [0.29, 0.717) is 40.5 Å². The maximum Gasteiger partial charge on any atom is 0.234 e. The number of anilines is 1. The molecule has 9 heteroatoms. The molecule has 0 fully saturated rings. The Balaban J connectivity index is 1.31. The Labute approximate surface area is 181 Å². The first-order valence-electron chi connectivity index (χ1n) is 9.56. The summed E-state index contributed by atoms with van der Waals surface area (Å²) in [6.45, 7) is 4.50. The highest BCUT2D eigenvalue weighted by atomic mass is 32.2. The summed E-state index contributed by atoms with van der Waals surface area (Å²) in [4.78, 5) is 12.4. The van der Waals surface area contributed by atoms with E-state index in [9.17, 15) is 4.79 Å². The van der Waals surface area contributed by atoms with Gasteiger partial charge in [0.25, 0.3) is 0 Å². The van der Waals surface area contributed by atoms with Crippen molar-refractivity contribution in [3.8, 4) is 23.1 Å². The van der Waals surface area contributed by atoms with Crippen molar-refractivity contribution in [1.29, 1.82) is 0 Å². The van der Waals surface area contributed by atoms with E-state index >= 15 is 0 Å². The van der Waals surface area contributed by atoms with Crippen LogP contribution < -0.4 is 14.8 Å². The number of carbonyl (C=O) groups is 1. The molecule has 8 nitrogen and oxygen atoms in total. The summed E-state index contributed by atoms with van der Waals surface area (Å²) in [6, 6.07) is 15.0. The Morgan fingerprint density at radius 3 is 2.90 bits per heavy atom. The van der Waals surface area contributed by atoms with Crippen LogP contribution in [0.2, 0.25) is 0 Å². The molecule has 1 amide bonds. The summed E-state index contributed by atoms with van der Waals surface area (Å²) in [5, 5.41) is 13.0. The van der Waals surface area contributed by atoms with E-state index in [2.05, 4.69) is 22.1 Å². The molecule has 3 heterocycles. The zero-order chi connectivity index (χ0) is 21.2. The number of allylic oxidation sites excluding steroid dienone is 1. The predicted molar refractivity (Wildman–Crippen MR) is 117 cm³/mol. The van der Waals surface area contributed by atoms with Crippen molar-refractivity contribution in [2.45, 2.75) is 11.7 Å². The lowest BCUT2D eigenvalue weighted by atomic mass is 10.2. The quantitative estimate of drug-likeness (QED) is 0.342. The number of fused-ring (bicyclic) bond motifs is 2. The molecule has 1 aliphatic rings. The summed E-state index contributed by atoms with van der Waals surface area (Å²) in [5.41, 5.74) is 1.42. The number of nitrogens with one attached hydrogen (secondary N) is 1. The first-order chi connectivity index (χ1) is 15.2. The number of hydrogen-bond acceptors (Lipinski definition) is 7. The van der Waals surface area contributed by atoms with Gasteiger partial charge in [0.05, 0.1) is 5.75 Å². The zero-order valence-electron chi connectivity index (χ0n) is 16.4. The smallest absolute Gasteiger partial charge is 0.234 e.